The molecule has 1 heterocycles. The molecule has 3 fully saturated rings. The van der Waals surface area contributed by atoms with Gasteiger partial charge in [0.05, 0.1) is 19.8 Å². The fourth-order valence-electron chi connectivity index (χ4n) is 5.79. The van der Waals surface area contributed by atoms with Crippen LogP contribution in [0, 0.1) is 29.6 Å². The number of carbonyl (C=O) groups excluding carboxylic acids is 4. The molecule has 1 aromatic rings. The molecular weight excluding hydrogens is 560 g/mol. The van der Waals surface area contributed by atoms with Crippen LogP contribution in [0.2, 0.25) is 18.1 Å². The number of nitrogens with one attached hydrogen (secondary N) is 1. The fraction of sp³-hybridized carbons (Fsp3) is 0.767. The van der Waals surface area contributed by atoms with E-state index in [9.17, 15) is 19.2 Å². The summed E-state index contributed by atoms with van der Waals surface area (Å²) in [5.41, 5.74) is 2.46. The number of aliphatic hydroxyl groups is 1. The minimum Gasteiger partial charge on any atom is -0.461 e. The number of esters is 3. The molecule has 0 spiro atoms. The average Bonchev–Trinajstić information content (AvgIpc) is 3.59. The molecule has 0 saturated heterocycles. The summed E-state index contributed by atoms with van der Waals surface area (Å²) in [4.78, 5) is 44.0. The number of aromatic nitrogens is 2. The van der Waals surface area contributed by atoms with E-state index in [1.165, 1.54) is 0 Å². The number of ether oxygens (including phenoxy) is 3. The molecule has 3 saturated carbocycles. The SMILES string of the molecule is CC(C)(C)[Si](C)(C)OC[C@H]1[C@@H]2CCC(=O)[C@@H]21.CCOC(=O)C(=O)OCC.CCOC(=O)c1n[nH]c2c1C[C@H]1[C@H](CO)[C@@H]21. The van der Waals surface area contributed by atoms with Crippen LogP contribution in [0.1, 0.15) is 82.0 Å². The van der Waals surface area contributed by atoms with Gasteiger partial charge in [-0.3, -0.25) is 9.89 Å². The maximum absolute atomic E-state index is 11.6. The number of fused-ring (bicyclic) bond motifs is 4. The maximum atomic E-state index is 11.6. The van der Waals surface area contributed by atoms with Crippen molar-refractivity contribution in [2.45, 2.75) is 84.9 Å². The van der Waals surface area contributed by atoms with Gasteiger partial charge in [-0.05, 0) is 75.4 Å². The van der Waals surface area contributed by atoms with E-state index in [1.807, 2.05) is 0 Å². The lowest BCUT2D eigenvalue weighted by Crippen LogP contribution is -2.41. The predicted octanol–water partition coefficient (Wildman–Crippen LogP) is 3.81. The number of rotatable bonds is 8. The lowest BCUT2D eigenvalue weighted by atomic mass is 10.1. The Morgan fingerprint density at radius 3 is 2.02 bits per heavy atom. The molecule has 2 N–H and O–H groups in total. The topological polar surface area (TPSA) is 154 Å². The van der Waals surface area contributed by atoms with Crippen LogP contribution in [0.3, 0.4) is 0 Å². The van der Waals surface area contributed by atoms with Crippen LogP contribution in [-0.4, -0.2) is 80.3 Å². The van der Waals surface area contributed by atoms with Gasteiger partial charge < -0.3 is 23.7 Å². The molecule has 0 aromatic carbocycles. The first kappa shape index (κ1) is 33.9. The highest BCUT2D eigenvalue weighted by Gasteiger charge is 2.58. The van der Waals surface area contributed by atoms with Crippen LogP contribution in [0.25, 0.3) is 0 Å². The zero-order chi connectivity index (χ0) is 31.4. The van der Waals surface area contributed by atoms with E-state index in [2.05, 4.69) is 53.5 Å². The maximum Gasteiger partial charge on any atom is 0.417 e. The van der Waals surface area contributed by atoms with E-state index in [0.29, 0.717) is 53.6 Å². The molecule has 5 rings (SSSR count). The van der Waals surface area contributed by atoms with Gasteiger partial charge in [0.2, 0.25) is 0 Å². The summed E-state index contributed by atoms with van der Waals surface area (Å²) in [6.07, 6.45) is 2.79. The van der Waals surface area contributed by atoms with Crippen molar-refractivity contribution in [3.8, 4) is 0 Å². The molecule has 1 aromatic heterocycles. The van der Waals surface area contributed by atoms with E-state index < -0.39 is 20.3 Å². The number of Topliss-reactive ketones (excluding diaryl/α,β-unsaturated/α-hetero) is 1. The number of aromatic amines is 1. The Morgan fingerprint density at radius 2 is 1.55 bits per heavy atom. The van der Waals surface area contributed by atoms with Crippen molar-refractivity contribution in [1.82, 2.24) is 10.2 Å². The molecule has 11 nitrogen and oxygen atoms in total. The van der Waals surface area contributed by atoms with Crippen molar-refractivity contribution >= 4 is 32.0 Å². The number of aliphatic hydroxyl groups excluding tert-OH is 1. The van der Waals surface area contributed by atoms with Gasteiger partial charge in [-0.15, -0.1) is 0 Å². The second kappa shape index (κ2) is 13.8. The molecule has 0 bridgehead atoms. The van der Waals surface area contributed by atoms with Gasteiger partial charge in [-0.25, -0.2) is 14.4 Å². The first-order valence-electron chi connectivity index (χ1n) is 15.1. The summed E-state index contributed by atoms with van der Waals surface area (Å²) < 4.78 is 19.8. The van der Waals surface area contributed by atoms with Gasteiger partial charge in [0.15, 0.2) is 14.0 Å². The van der Waals surface area contributed by atoms with Gasteiger partial charge in [0.25, 0.3) is 0 Å². The molecule has 4 aliphatic rings. The number of ketones is 1. The number of hydrogen-bond acceptors (Lipinski definition) is 10. The Morgan fingerprint density at radius 1 is 0.952 bits per heavy atom. The Bertz CT molecular complexity index is 1130. The minimum absolute atomic E-state index is 0.192. The van der Waals surface area contributed by atoms with E-state index in [4.69, 9.17) is 14.3 Å². The number of H-pyrrole nitrogens is 1. The molecule has 0 amide bonds. The number of carbonyl (C=O) groups is 4. The standard InChI is InChI=1S/C13H24O2Si.C11H14N2O3.C6H10O4/c1-13(2,3)16(4,5)15-8-10-9-6-7-11(14)12(9)10;1-2-16-11(15)10-6-3-5-7(4-14)8(5)9(6)12-13-10;1-3-9-5(7)6(8)10-4-2/h9-10,12H,6-8H2,1-5H3;5,7-8,14H,2-4H2,1H3,(H,12,13);3-4H2,1-2H3/t9-,10-,12-;5-,7-,8-;/m00./s1. The van der Waals surface area contributed by atoms with Crippen LogP contribution in [0.4, 0.5) is 0 Å². The van der Waals surface area contributed by atoms with E-state index >= 15 is 0 Å². The highest BCUT2D eigenvalue weighted by molar-refractivity contribution is 6.74. The zero-order valence-electron chi connectivity index (χ0n) is 26.3. The second-order valence-corrected chi connectivity index (χ2v) is 17.6. The first-order chi connectivity index (χ1) is 19.7. The number of nitrogens with zero attached hydrogens (tertiary/aromatic N) is 1. The largest absolute Gasteiger partial charge is 0.461 e. The third-order valence-corrected chi connectivity index (χ3v) is 13.8. The summed E-state index contributed by atoms with van der Waals surface area (Å²) in [7, 11) is -1.61. The molecular formula is C30H48N2O9Si. The Balaban J connectivity index is 0.000000179. The summed E-state index contributed by atoms with van der Waals surface area (Å²) in [5, 5.41) is 16.3. The molecule has 236 valence electrons. The Hall–Kier alpha value is -2.57. The molecule has 4 aliphatic carbocycles. The van der Waals surface area contributed by atoms with E-state index in [1.54, 1.807) is 20.8 Å². The lowest BCUT2D eigenvalue weighted by Gasteiger charge is -2.36. The normalized spacial score (nSPS) is 26.4. The summed E-state index contributed by atoms with van der Waals surface area (Å²) >= 11 is 0. The summed E-state index contributed by atoms with van der Waals surface area (Å²) in [6.45, 7) is 18.2. The molecule has 0 radical (unpaired) electrons. The van der Waals surface area contributed by atoms with Crippen LogP contribution < -0.4 is 0 Å². The highest BCUT2D eigenvalue weighted by Crippen LogP contribution is 2.61. The molecule has 42 heavy (non-hydrogen) atoms. The smallest absolute Gasteiger partial charge is 0.417 e. The van der Waals surface area contributed by atoms with Crippen molar-refractivity contribution in [2.24, 2.45) is 29.6 Å². The van der Waals surface area contributed by atoms with Crippen LogP contribution in [0.5, 0.6) is 0 Å². The lowest BCUT2D eigenvalue weighted by molar-refractivity contribution is -0.167. The molecule has 0 unspecified atom stereocenters. The second-order valence-electron chi connectivity index (χ2n) is 12.8. The van der Waals surface area contributed by atoms with Crippen LogP contribution >= 0.6 is 0 Å². The summed E-state index contributed by atoms with van der Waals surface area (Å²) in [5.74, 6) is 1.17. The molecule has 6 atom stereocenters. The summed E-state index contributed by atoms with van der Waals surface area (Å²) in [6, 6.07) is 0. The van der Waals surface area contributed by atoms with Crippen molar-refractivity contribution < 1.29 is 42.9 Å². The number of hydrogen-bond donors (Lipinski definition) is 2. The fourth-order valence-corrected chi connectivity index (χ4v) is 6.83. The monoisotopic (exact) mass is 608 g/mol. The predicted molar refractivity (Wildman–Crippen MR) is 156 cm³/mol. The zero-order valence-corrected chi connectivity index (χ0v) is 27.3. The van der Waals surface area contributed by atoms with Gasteiger partial charge >= 0.3 is 17.9 Å². The Labute approximate surface area is 249 Å². The van der Waals surface area contributed by atoms with E-state index in [-0.39, 0.29) is 30.8 Å². The van der Waals surface area contributed by atoms with Crippen molar-refractivity contribution in [3.05, 3.63) is 17.0 Å². The third-order valence-electron chi connectivity index (χ3n) is 9.27. The van der Waals surface area contributed by atoms with Crippen molar-refractivity contribution in [3.63, 3.8) is 0 Å². The quantitative estimate of drug-likeness (QED) is 0.193. The van der Waals surface area contributed by atoms with Crippen molar-refractivity contribution in [1.29, 1.82) is 0 Å². The van der Waals surface area contributed by atoms with Crippen molar-refractivity contribution in [2.75, 3.05) is 33.0 Å². The molecule has 12 heteroatoms. The highest BCUT2D eigenvalue weighted by atomic mass is 28.4. The van der Waals surface area contributed by atoms with Crippen LogP contribution in [0.15, 0.2) is 0 Å². The van der Waals surface area contributed by atoms with Crippen LogP contribution in [-0.2, 0) is 39.4 Å². The minimum atomic E-state index is -1.61. The molecule has 0 aliphatic heterocycles. The van der Waals surface area contributed by atoms with Gasteiger partial charge in [0.1, 0.15) is 5.78 Å². The first-order valence-corrected chi connectivity index (χ1v) is 18.0. The van der Waals surface area contributed by atoms with Gasteiger partial charge in [-0.2, -0.15) is 5.10 Å². The third kappa shape index (κ3) is 7.49. The van der Waals surface area contributed by atoms with Gasteiger partial charge in [0, 0.05) is 42.7 Å². The Kier molecular flexibility index (Phi) is 11.2. The average molecular weight is 609 g/mol. The van der Waals surface area contributed by atoms with Gasteiger partial charge in [-0.1, -0.05) is 20.8 Å². The van der Waals surface area contributed by atoms with E-state index in [0.717, 1.165) is 37.1 Å².